The van der Waals surface area contributed by atoms with E-state index < -0.39 is 11.4 Å². The Morgan fingerprint density at radius 3 is 2.70 bits per heavy atom. The summed E-state index contributed by atoms with van der Waals surface area (Å²) in [7, 11) is 3.24. The highest BCUT2D eigenvalue weighted by Gasteiger charge is 2.43. The number of ether oxygens (including phenoxy) is 1. The van der Waals surface area contributed by atoms with E-state index >= 15 is 0 Å². The first-order valence-electron chi connectivity index (χ1n) is 7.54. The van der Waals surface area contributed by atoms with Crippen molar-refractivity contribution in [2.45, 2.75) is 19.3 Å². The Hall–Kier alpha value is -2.22. The lowest BCUT2D eigenvalue weighted by atomic mass is 9.77. The lowest BCUT2D eigenvalue weighted by Gasteiger charge is -2.39. The van der Waals surface area contributed by atoms with E-state index in [0.29, 0.717) is 43.9 Å². The maximum absolute atomic E-state index is 12.6. The van der Waals surface area contributed by atoms with Crippen LogP contribution in [0.1, 0.15) is 29.6 Å². The minimum Gasteiger partial charge on any atom is -0.481 e. The second kappa shape index (κ2) is 7.36. The van der Waals surface area contributed by atoms with Crippen molar-refractivity contribution >= 4 is 17.8 Å². The number of aromatic nitrogens is 2. The first-order chi connectivity index (χ1) is 11.0. The second-order valence-corrected chi connectivity index (χ2v) is 5.70. The Balaban J connectivity index is 2.14. The maximum atomic E-state index is 12.6. The Labute approximate surface area is 134 Å². The normalized spacial score (nSPS) is 21.0. The molecule has 1 aliphatic heterocycles. The molecule has 0 saturated carbocycles. The van der Waals surface area contributed by atoms with Crippen molar-refractivity contribution in [2.24, 2.45) is 5.41 Å². The molecule has 0 bridgehead atoms. The average Bonchev–Trinajstić information content (AvgIpc) is 2.59. The van der Waals surface area contributed by atoms with Gasteiger partial charge in [-0.25, -0.2) is 9.97 Å². The van der Waals surface area contributed by atoms with Gasteiger partial charge in [-0.15, -0.1) is 0 Å². The fourth-order valence-electron chi connectivity index (χ4n) is 2.84. The van der Waals surface area contributed by atoms with Crippen LogP contribution in [0.5, 0.6) is 0 Å². The van der Waals surface area contributed by atoms with Crippen molar-refractivity contribution in [1.82, 2.24) is 14.9 Å². The number of carboxylic acids is 1. The Kier molecular flexibility index (Phi) is 5.49. The zero-order chi connectivity index (χ0) is 16.9. The first-order valence-corrected chi connectivity index (χ1v) is 7.54. The van der Waals surface area contributed by atoms with E-state index in [-0.39, 0.29) is 12.5 Å². The highest BCUT2D eigenvalue weighted by Crippen LogP contribution is 2.34. The third kappa shape index (κ3) is 3.76. The third-order valence-corrected chi connectivity index (χ3v) is 4.22. The van der Waals surface area contributed by atoms with E-state index in [9.17, 15) is 14.7 Å². The predicted molar refractivity (Wildman–Crippen MR) is 83.3 cm³/mol. The van der Waals surface area contributed by atoms with Crippen LogP contribution < -0.4 is 5.32 Å². The van der Waals surface area contributed by atoms with Crippen LogP contribution in [-0.2, 0) is 9.53 Å². The van der Waals surface area contributed by atoms with Gasteiger partial charge in [-0.1, -0.05) is 0 Å². The summed E-state index contributed by atoms with van der Waals surface area (Å²) in [5.41, 5.74) is -0.590. The molecule has 2 rings (SSSR count). The van der Waals surface area contributed by atoms with Crippen LogP contribution >= 0.6 is 0 Å². The number of likely N-dealkylation sites (tertiary alicyclic amines) is 1. The number of methoxy groups -OCH3 is 1. The number of rotatable bonds is 6. The van der Waals surface area contributed by atoms with Gasteiger partial charge in [-0.2, -0.15) is 0 Å². The minimum absolute atomic E-state index is 0.179. The number of carbonyl (C=O) groups is 2. The molecule has 0 spiro atoms. The van der Waals surface area contributed by atoms with Gasteiger partial charge in [-0.05, 0) is 19.3 Å². The molecule has 0 unspecified atom stereocenters. The van der Waals surface area contributed by atoms with Gasteiger partial charge in [0.25, 0.3) is 5.91 Å². The van der Waals surface area contributed by atoms with E-state index in [1.165, 1.54) is 12.4 Å². The smallest absolute Gasteiger partial charge is 0.311 e. The van der Waals surface area contributed by atoms with Crippen molar-refractivity contribution in [1.29, 1.82) is 0 Å². The van der Waals surface area contributed by atoms with Gasteiger partial charge in [0.15, 0.2) is 0 Å². The van der Waals surface area contributed by atoms with Crippen LogP contribution in [0, 0.1) is 5.41 Å². The molecule has 23 heavy (non-hydrogen) atoms. The third-order valence-electron chi connectivity index (χ3n) is 4.22. The Morgan fingerprint density at radius 2 is 2.13 bits per heavy atom. The molecule has 1 amide bonds. The standard InChI is InChI=1S/C15H22N4O4/c1-16-14-17-8-11(9-18-14)12(20)19-6-3-4-15(10-19,13(21)22)5-7-23-2/h8-9H,3-7,10H2,1-2H3,(H,21,22)(H,16,17,18)/t15-/m1/s1. The molecule has 1 saturated heterocycles. The SMILES string of the molecule is CNc1ncc(C(=O)N2CCC[C@](CCOC)(C(=O)O)C2)cn1. The van der Waals surface area contributed by atoms with Gasteiger partial charge in [0.2, 0.25) is 5.95 Å². The molecule has 0 aliphatic carbocycles. The van der Waals surface area contributed by atoms with Gasteiger partial charge in [0.1, 0.15) is 0 Å². The summed E-state index contributed by atoms with van der Waals surface area (Å²) >= 11 is 0. The van der Waals surface area contributed by atoms with Crippen LogP contribution in [0.3, 0.4) is 0 Å². The second-order valence-electron chi connectivity index (χ2n) is 5.70. The molecular weight excluding hydrogens is 300 g/mol. The number of hydrogen-bond donors (Lipinski definition) is 2. The zero-order valence-corrected chi connectivity index (χ0v) is 13.4. The molecule has 8 nitrogen and oxygen atoms in total. The molecule has 1 aromatic heterocycles. The molecule has 8 heteroatoms. The number of piperidine rings is 1. The average molecular weight is 322 g/mol. The molecular formula is C15H22N4O4. The number of carbonyl (C=O) groups excluding carboxylic acids is 1. The molecule has 1 atom stereocenters. The Morgan fingerprint density at radius 1 is 1.43 bits per heavy atom. The minimum atomic E-state index is -0.949. The molecule has 1 fully saturated rings. The number of amides is 1. The van der Waals surface area contributed by atoms with E-state index in [4.69, 9.17) is 4.74 Å². The fourth-order valence-corrected chi connectivity index (χ4v) is 2.84. The van der Waals surface area contributed by atoms with Gasteiger partial charge < -0.3 is 20.1 Å². The number of nitrogens with one attached hydrogen (secondary N) is 1. The van der Waals surface area contributed by atoms with Gasteiger partial charge >= 0.3 is 5.97 Å². The number of hydrogen-bond acceptors (Lipinski definition) is 6. The van der Waals surface area contributed by atoms with Crippen molar-refractivity contribution in [3.05, 3.63) is 18.0 Å². The maximum Gasteiger partial charge on any atom is 0.311 e. The van der Waals surface area contributed by atoms with Crippen LogP contribution in [-0.4, -0.2) is 65.7 Å². The predicted octanol–water partition coefficient (Wildman–Crippen LogP) is 0.862. The van der Waals surface area contributed by atoms with Crippen LogP contribution in [0.2, 0.25) is 0 Å². The van der Waals surface area contributed by atoms with Gasteiger partial charge in [-0.3, -0.25) is 9.59 Å². The number of nitrogens with zero attached hydrogens (tertiary/aromatic N) is 3. The van der Waals surface area contributed by atoms with E-state index in [1.54, 1.807) is 19.1 Å². The molecule has 126 valence electrons. The largest absolute Gasteiger partial charge is 0.481 e. The molecule has 0 aromatic carbocycles. The van der Waals surface area contributed by atoms with Crippen LogP contribution in [0.25, 0.3) is 0 Å². The van der Waals surface area contributed by atoms with Gasteiger partial charge in [0, 0.05) is 46.2 Å². The monoisotopic (exact) mass is 322 g/mol. The lowest BCUT2D eigenvalue weighted by Crippen LogP contribution is -2.50. The van der Waals surface area contributed by atoms with E-state index in [1.807, 2.05) is 0 Å². The summed E-state index contributed by atoms with van der Waals surface area (Å²) in [5, 5.41) is 12.4. The van der Waals surface area contributed by atoms with Crippen LogP contribution in [0.15, 0.2) is 12.4 Å². The fraction of sp³-hybridized carbons (Fsp3) is 0.600. The summed E-state index contributed by atoms with van der Waals surface area (Å²) < 4.78 is 5.03. The van der Waals surface area contributed by atoms with E-state index in [2.05, 4.69) is 15.3 Å². The molecule has 2 N–H and O–H groups in total. The van der Waals surface area contributed by atoms with Crippen LogP contribution in [0.4, 0.5) is 5.95 Å². The van der Waals surface area contributed by atoms with Crippen molar-refractivity contribution in [3.8, 4) is 0 Å². The highest BCUT2D eigenvalue weighted by atomic mass is 16.5. The van der Waals surface area contributed by atoms with Crippen molar-refractivity contribution in [2.75, 3.05) is 39.2 Å². The quantitative estimate of drug-likeness (QED) is 0.800. The summed E-state index contributed by atoms with van der Waals surface area (Å²) in [6, 6.07) is 0. The number of carboxylic acid groups (broad SMARTS) is 1. The highest BCUT2D eigenvalue weighted by molar-refractivity contribution is 5.94. The lowest BCUT2D eigenvalue weighted by molar-refractivity contribution is -0.153. The summed E-state index contributed by atoms with van der Waals surface area (Å²) in [6.07, 6.45) is 4.49. The van der Waals surface area contributed by atoms with E-state index in [0.717, 1.165) is 0 Å². The first kappa shape index (κ1) is 17.1. The topological polar surface area (TPSA) is 105 Å². The number of anilines is 1. The zero-order valence-electron chi connectivity index (χ0n) is 13.4. The number of aliphatic carboxylic acids is 1. The molecule has 2 heterocycles. The Bertz CT molecular complexity index is 563. The van der Waals surface area contributed by atoms with Crippen molar-refractivity contribution < 1.29 is 19.4 Å². The molecule has 0 radical (unpaired) electrons. The summed E-state index contributed by atoms with van der Waals surface area (Å²) in [4.78, 5) is 34.0. The summed E-state index contributed by atoms with van der Waals surface area (Å²) in [5.74, 6) is -0.690. The molecule has 1 aromatic rings. The van der Waals surface area contributed by atoms with Crippen molar-refractivity contribution in [3.63, 3.8) is 0 Å². The summed E-state index contributed by atoms with van der Waals surface area (Å²) in [6.45, 7) is 1.07. The van der Waals surface area contributed by atoms with Gasteiger partial charge in [0.05, 0.1) is 11.0 Å². The molecule has 1 aliphatic rings.